The second-order valence-electron chi connectivity index (χ2n) is 6.25. The number of methoxy groups -OCH3 is 1. The van der Waals surface area contributed by atoms with Crippen LogP contribution < -0.4 is 20.3 Å². The van der Waals surface area contributed by atoms with Gasteiger partial charge in [-0.3, -0.25) is 4.99 Å². The highest BCUT2D eigenvalue weighted by atomic mass is 32.2. The fraction of sp³-hybridized carbons (Fsp3) is 0.474. The minimum Gasteiger partial charge on any atom is -0.495 e. The lowest BCUT2D eigenvalue weighted by molar-refractivity contribution is 0.415. The lowest BCUT2D eigenvalue weighted by Gasteiger charge is -2.22. The van der Waals surface area contributed by atoms with Crippen LogP contribution in [-0.2, 0) is 0 Å². The van der Waals surface area contributed by atoms with Gasteiger partial charge < -0.3 is 20.3 Å². The zero-order valence-electron chi connectivity index (χ0n) is 15.9. The molecule has 0 bridgehead atoms. The number of thiazole rings is 1. The highest BCUT2D eigenvalue weighted by Crippen LogP contribution is 2.30. The molecule has 3 rings (SSSR count). The Kier molecular flexibility index (Phi) is 7.65. The number of ether oxygens (including phenoxy) is 1. The van der Waals surface area contributed by atoms with Crippen LogP contribution in [0.5, 0.6) is 5.75 Å². The second-order valence-corrected chi connectivity index (χ2v) is 8.48. The molecule has 1 aromatic heterocycles. The van der Waals surface area contributed by atoms with E-state index in [4.69, 9.17) is 4.74 Å². The van der Waals surface area contributed by atoms with Crippen molar-refractivity contribution in [3.63, 3.8) is 0 Å². The average Bonchev–Trinajstić information content (AvgIpc) is 3.38. The molecule has 0 saturated carbocycles. The first-order chi connectivity index (χ1) is 13.3. The Morgan fingerprint density at radius 2 is 2.33 bits per heavy atom. The lowest BCUT2D eigenvalue weighted by atomic mass is 10.2. The summed E-state index contributed by atoms with van der Waals surface area (Å²) in [6.07, 6.45) is 4.01. The number of nitrogens with one attached hydrogen (secondary N) is 2. The Bertz CT molecular complexity index is 723. The minimum atomic E-state index is 0.380. The number of aliphatic imine (C=N–C) groups is 1. The molecule has 146 valence electrons. The molecule has 1 atom stereocenters. The summed E-state index contributed by atoms with van der Waals surface area (Å²) in [5.74, 6) is 2.86. The van der Waals surface area contributed by atoms with Crippen LogP contribution in [0.15, 0.2) is 45.2 Å². The summed E-state index contributed by atoms with van der Waals surface area (Å²) in [7, 11) is 3.55. The largest absolute Gasteiger partial charge is 0.495 e. The molecule has 0 spiro atoms. The Labute approximate surface area is 169 Å². The number of thioether (sulfide) groups is 1. The monoisotopic (exact) mass is 405 g/mol. The van der Waals surface area contributed by atoms with E-state index in [2.05, 4.69) is 37.6 Å². The van der Waals surface area contributed by atoms with Crippen LogP contribution in [0.3, 0.4) is 0 Å². The summed E-state index contributed by atoms with van der Waals surface area (Å²) >= 11 is 3.51. The maximum Gasteiger partial charge on any atom is 0.191 e. The summed E-state index contributed by atoms with van der Waals surface area (Å²) in [4.78, 5) is 11.0. The fourth-order valence-corrected chi connectivity index (χ4v) is 4.74. The summed E-state index contributed by atoms with van der Waals surface area (Å²) < 4.78 is 6.63. The molecule has 1 aliphatic rings. The van der Waals surface area contributed by atoms with E-state index in [-0.39, 0.29) is 0 Å². The van der Waals surface area contributed by atoms with Gasteiger partial charge in [0.1, 0.15) is 10.1 Å². The summed E-state index contributed by atoms with van der Waals surface area (Å²) in [5, 5.41) is 8.98. The number of anilines is 1. The minimum absolute atomic E-state index is 0.380. The van der Waals surface area contributed by atoms with Crippen molar-refractivity contribution in [1.82, 2.24) is 15.6 Å². The van der Waals surface area contributed by atoms with Crippen LogP contribution in [-0.4, -0.2) is 56.5 Å². The van der Waals surface area contributed by atoms with Crippen molar-refractivity contribution in [1.29, 1.82) is 0 Å². The molecule has 2 N–H and O–H groups in total. The second kappa shape index (κ2) is 10.4. The van der Waals surface area contributed by atoms with Gasteiger partial charge in [-0.25, -0.2) is 4.98 Å². The summed E-state index contributed by atoms with van der Waals surface area (Å²) in [5.41, 5.74) is 1.16. The predicted octanol–water partition coefficient (Wildman–Crippen LogP) is 3.08. The van der Waals surface area contributed by atoms with Crippen molar-refractivity contribution in [2.45, 2.75) is 23.2 Å². The van der Waals surface area contributed by atoms with E-state index in [1.54, 1.807) is 18.4 Å². The molecule has 27 heavy (non-hydrogen) atoms. The number of hydrogen-bond donors (Lipinski definition) is 2. The average molecular weight is 406 g/mol. The van der Waals surface area contributed by atoms with E-state index in [0.29, 0.717) is 6.04 Å². The molecule has 1 aliphatic heterocycles. The number of nitrogens with zero attached hydrogens (tertiary/aromatic N) is 3. The molecule has 0 amide bonds. The number of rotatable bonds is 8. The number of para-hydroxylation sites is 2. The van der Waals surface area contributed by atoms with Gasteiger partial charge in [-0.15, -0.1) is 11.3 Å². The van der Waals surface area contributed by atoms with E-state index < -0.39 is 0 Å². The van der Waals surface area contributed by atoms with E-state index in [9.17, 15) is 0 Å². The van der Waals surface area contributed by atoms with Gasteiger partial charge in [0.05, 0.1) is 12.8 Å². The molecular weight excluding hydrogens is 378 g/mol. The van der Waals surface area contributed by atoms with Crippen molar-refractivity contribution < 1.29 is 4.74 Å². The fourth-order valence-electron chi connectivity index (χ4n) is 3.10. The van der Waals surface area contributed by atoms with Crippen LogP contribution in [0.4, 0.5) is 5.69 Å². The lowest BCUT2D eigenvalue weighted by Crippen LogP contribution is -2.45. The highest BCUT2D eigenvalue weighted by molar-refractivity contribution is 8.00. The van der Waals surface area contributed by atoms with Gasteiger partial charge in [-0.2, -0.15) is 0 Å². The number of aromatic nitrogens is 1. The number of hydrogen-bond acceptors (Lipinski definition) is 6. The molecule has 0 radical (unpaired) electrons. The van der Waals surface area contributed by atoms with E-state index >= 15 is 0 Å². The van der Waals surface area contributed by atoms with Crippen LogP contribution in [0.2, 0.25) is 0 Å². The smallest absolute Gasteiger partial charge is 0.191 e. The third-order valence-corrected chi connectivity index (χ3v) is 6.48. The third-order valence-electron chi connectivity index (χ3n) is 4.43. The third kappa shape index (κ3) is 5.77. The van der Waals surface area contributed by atoms with Crippen molar-refractivity contribution >= 4 is 34.7 Å². The Balaban J connectivity index is 1.40. The molecule has 0 aliphatic carbocycles. The molecule has 1 aromatic carbocycles. The predicted molar refractivity (Wildman–Crippen MR) is 116 cm³/mol. The molecule has 6 nitrogen and oxygen atoms in total. The van der Waals surface area contributed by atoms with Crippen molar-refractivity contribution in [2.75, 3.05) is 44.4 Å². The van der Waals surface area contributed by atoms with Gasteiger partial charge in [0.25, 0.3) is 0 Å². The maximum atomic E-state index is 5.49. The van der Waals surface area contributed by atoms with E-state index in [0.717, 1.165) is 60.0 Å². The highest BCUT2D eigenvalue weighted by Gasteiger charge is 2.25. The molecule has 1 saturated heterocycles. The number of benzene rings is 1. The normalized spacial score (nSPS) is 17.2. The SMILES string of the molecule is CN=C(NCCCSc1nccs1)NC1CCN(c2ccccc2OC)C1. The van der Waals surface area contributed by atoms with E-state index in [1.807, 2.05) is 42.5 Å². The van der Waals surface area contributed by atoms with Crippen molar-refractivity contribution in [2.24, 2.45) is 4.99 Å². The Hall–Kier alpha value is -1.93. The topological polar surface area (TPSA) is 61.8 Å². The van der Waals surface area contributed by atoms with Crippen LogP contribution in [0, 0.1) is 0 Å². The van der Waals surface area contributed by atoms with Gasteiger partial charge in [0, 0.05) is 50.1 Å². The Morgan fingerprint density at radius 1 is 1.44 bits per heavy atom. The van der Waals surface area contributed by atoms with Crippen LogP contribution in [0.1, 0.15) is 12.8 Å². The van der Waals surface area contributed by atoms with Gasteiger partial charge >= 0.3 is 0 Å². The summed E-state index contributed by atoms with van der Waals surface area (Å²) in [6, 6.07) is 8.58. The van der Waals surface area contributed by atoms with Gasteiger partial charge in [0.2, 0.25) is 0 Å². The Morgan fingerprint density at radius 3 is 3.11 bits per heavy atom. The molecule has 2 aromatic rings. The van der Waals surface area contributed by atoms with Gasteiger partial charge in [0.15, 0.2) is 5.96 Å². The van der Waals surface area contributed by atoms with Crippen molar-refractivity contribution in [3.8, 4) is 5.75 Å². The first-order valence-electron chi connectivity index (χ1n) is 9.17. The van der Waals surface area contributed by atoms with Gasteiger partial charge in [-0.05, 0) is 25.0 Å². The molecule has 2 heterocycles. The zero-order chi connectivity index (χ0) is 18.9. The van der Waals surface area contributed by atoms with Gasteiger partial charge in [-0.1, -0.05) is 23.9 Å². The van der Waals surface area contributed by atoms with Crippen LogP contribution in [0.25, 0.3) is 0 Å². The molecule has 1 fully saturated rings. The molecule has 1 unspecified atom stereocenters. The maximum absolute atomic E-state index is 5.49. The standard InChI is InChI=1S/C19H27N5OS2/c1-20-18(21-9-5-12-26-19-22-10-13-27-19)23-15-8-11-24(14-15)16-6-3-4-7-17(16)25-2/h3-4,6-7,10,13,15H,5,8-9,11-12,14H2,1-2H3,(H2,20,21,23). The zero-order valence-corrected chi connectivity index (χ0v) is 17.5. The first kappa shape index (κ1) is 19.8. The number of guanidine groups is 1. The quantitative estimate of drug-likeness (QED) is 0.305. The van der Waals surface area contributed by atoms with E-state index in [1.165, 1.54) is 0 Å². The summed E-state index contributed by atoms with van der Waals surface area (Å²) in [6.45, 7) is 2.86. The first-order valence-corrected chi connectivity index (χ1v) is 11.0. The van der Waals surface area contributed by atoms with Crippen LogP contribution >= 0.6 is 23.1 Å². The van der Waals surface area contributed by atoms with Crippen molar-refractivity contribution in [3.05, 3.63) is 35.8 Å². The molecule has 8 heteroatoms. The molecular formula is C19H27N5OS2.